The van der Waals surface area contributed by atoms with E-state index in [-0.39, 0.29) is 5.91 Å². The minimum absolute atomic E-state index is 0.212. The number of carbonyl (C=O) groups is 1. The highest BCUT2D eigenvalue weighted by atomic mass is 35.5. The van der Waals surface area contributed by atoms with Gasteiger partial charge in [0, 0.05) is 24.5 Å². The summed E-state index contributed by atoms with van der Waals surface area (Å²) < 4.78 is 5.58. The molecule has 1 fully saturated rings. The lowest BCUT2D eigenvalue weighted by molar-refractivity contribution is 0.102. The molecule has 1 unspecified atom stereocenters. The molecule has 0 spiro atoms. The van der Waals surface area contributed by atoms with E-state index in [2.05, 4.69) is 10.6 Å². The van der Waals surface area contributed by atoms with E-state index in [0.717, 1.165) is 37.4 Å². The highest BCUT2D eigenvalue weighted by molar-refractivity contribution is 6.34. The van der Waals surface area contributed by atoms with E-state index >= 15 is 0 Å². The summed E-state index contributed by atoms with van der Waals surface area (Å²) in [6, 6.07) is 14.6. The summed E-state index contributed by atoms with van der Waals surface area (Å²) >= 11 is 6.03. The predicted octanol–water partition coefficient (Wildman–Crippen LogP) is 4.18. The third-order valence-corrected chi connectivity index (χ3v) is 4.15. The van der Waals surface area contributed by atoms with Crippen molar-refractivity contribution in [2.75, 3.05) is 23.8 Å². The average molecular weight is 331 g/mol. The largest absolute Gasteiger partial charge is 0.382 e. The molecule has 0 bridgehead atoms. The van der Waals surface area contributed by atoms with Crippen LogP contribution in [0.15, 0.2) is 48.5 Å². The van der Waals surface area contributed by atoms with Gasteiger partial charge in [-0.15, -0.1) is 0 Å². The smallest absolute Gasteiger partial charge is 0.257 e. The molecule has 1 amide bonds. The minimum atomic E-state index is -0.212. The van der Waals surface area contributed by atoms with Crippen LogP contribution < -0.4 is 10.6 Å². The Kier molecular flexibility index (Phi) is 5.16. The Hall–Kier alpha value is -2.04. The molecule has 2 aromatic carbocycles. The second kappa shape index (κ2) is 7.49. The van der Waals surface area contributed by atoms with E-state index in [1.54, 1.807) is 24.3 Å². The van der Waals surface area contributed by atoms with Crippen LogP contribution in [0, 0.1) is 0 Å². The minimum Gasteiger partial charge on any atom is -0.382 e. The molecule has 0 radical (unpaired) electrons. The van der Waals surface area contributed by atoms with E-state index in [1.807, 2.05) is 24.3 Å². The lowest BCUT2D eigenvalue weighted by Gasteiger charge is -2.12. The molecule has 1 aliphatic rings. The number of hydrogen-bond acceptors (Lipinski definition) is 3. The molecule has 0 aliphatic carbocycles. The summed E-state index contributed by atoms with van der Waals surface area (Å²) in [6.45, 7) is 1.67. The molecule has 0 saturated carbocycles. The third-order valence-electron chi connectivity index (χ3n) is 3.82. The van der Waals surface area contributed by atoms with Crippen molar-refractivity contribution in [1.82, 2.24) is 0 Å². The van der Waals surface area contributed by atoms with Crippen molar-refractivity contribution in [2.45, 2.75) is 18.9 Å². The number of benzene rings is 2. The van der Waals surface area contributed by atoms with Gasteiger partial charge in [0.15, 0.2) is 0 Å². The Labute approximate surface area is 140 Å². The van der Waals surface area contributed by atoms with Crippen molar-refractivity contribution < 1.29 is 9.53 Å². The number of nitrogens with one attached hydrogen (secondary N) is 2. The van der Waals surface area contributed by atoms with Crippen LogP contribution in [0.5, 0.6) is 0 Å². The van der Waals surface area contributed by atoms with Crippen LogP contribution in [0.1, 0.15) is 23.2 Å². The number of carbonyl (C=O) groups excluding carboxylic acids is 1. The van der Waals surface area contributed by atoms with Gasteiger partial charge in [-0.05, 0) is 49.2 Å². The van der Waals surface area contributed by atoms with Gasteiger partial charge in [-0.1, -0.05) is 23.7 Å². The first kappa shape index (κ1) is 15.8. The van der Waals surface area contributed by atoms with Crippen molar-refractivity contribution in [1.29, 1.82) is 0 Å². The van der Waals surface area contributed by atoms with Gasteiger partial charge in [-0.25, -0.2) is 0 Å². The lowest BCUT2D eigenvalue weighted by atomic mass is 10.2. The van der Waals surface area contributed by atoms with E-state index in [9.17, 15) is 4.79 Å². The van der Waals surface area contributed by atoms with Crippen LogP contribution in [0.2, 0.25) is 5.02 Å². The van der Waals surface area contributed by atoms with Gasteiger partial charge in [-0.2, -0.15) is 0 Å². The third kappa shape index (κ3) is 4.24. The lowest BCUT2D eigenvalue weighted by Crippen LogP contribution is -2.18. The first-order valence-electron chi connectivity index (χ1n) is 7.74. The zero-order valence-electron chi connectivity index (χ0n) is 12.7. The Morgan fingerprint density at radius 2 is 1.87 bits per heavy atom. The molecule has 120 valence electrons. The summed E-state index contributed by atoms with van der Waals surface area (Å²) in [5.74, 6) is -0.212. The number of hydrogen-bond donors (Lipinski definition) is 2. The van der Waals surface area contributed by atoms with Crippen molar-refractivity contribution in [3.8, 4) is 0 Å². The monoisotopic (exact) mass is 330 g/mol. The van der Waals surface area contributed by atoms with E-state index in [0.29, 0.717) is 16.7 Å². The molecule has 1 saturated heterocycles. The average Bonchev–Trinajstić information content (AvgIpc) is 3.08. The Balaban J connectivity index is 1.56. The van der Waals surface area contributed by atoms with Crippen molar-refractivity contribution in [3.63, 3.8) is 0 Å². The summed E-state index contributed by atoms with van der Waals surface area (Å²) in [5.41, 5.74) is 2.21. The zero-order chi connectivity index (χ0) is 16.1. The molecule has 23 heavy (non-hydrogen) atoms. The SMILES string of the molecule is O=C(Nc1ccc(NCC2CCCO2)cc1)c1ccccc1Cl. The number of ether oxygens (including phenoxy) is 1. The van der Waals surface area contributed by atoms with Gasteiger partial charge in [0.25, 0.3) is 5.91 Å². The van der Waals surface area contributed by atoms with Crippen LogP contribution in [-0.4, -0.2) is 25.2 Å². The highest BCUT2D eigenvalue weighted by Gasteiger charge is 2.14. The first-order valence-corrected chi connectivity index (χ1v) is 8.11. The van der Waals surface area contributed by atoms with Crippen LogP contribution in [0.4, 0.5) is 11.4 Å². The standard InChI is InChI=1S/C18H19ClN2O2/c19-17-6-2-1-5-16(17)18(22)21-14-9-7-13(8-10-14)20-12-15-4-3-11-23-15/h1-2,5-10,15,20H,3-4,11-12H2,(H,21,22). The number of halogens is 1. The molecule has 2 N–H and O–H groups in total. The van der Waals surface area contributed by atoms with Gasteiger partial charge in [0.1, 0.15) is 0 Å². The van der Waals surface area contributed by atoms with Gasteiger partial charge in [0.05, 0.1) is 16.7 Å². The summed E-state index contributed by atoms with van der Waals surface area (Å²) in [7, 11) is 0. The van der Waals surface area contributed by atoms with Gasteiger partial charge >= 0.3 is 0 Å². The summed E-state index contributed by atoms with van der Waals surface area (Å²) in [4.78, 5) is 12.2. The molecule has 0 aromatic heterocycles. The maximum absolute atomic E-state index is 12.2. The second-order valence-corrected chi connectivity index (χ2v) is 5.93. The van der Waals surface area contributed by atoms with Crippen molar-refractivity contribution >= 4 is 28.9 Å². The molecule has 5 heteroatoms. The molecular formula is C18H19ClN2O2. The fraction of sp³-hybridized carbons (Fsp3) is 0.278. The molecular weight excluding hydrogens is 312 g/mol. The van der Waals surface area contributed by atoms with E-state index in [4.69, 9.17) is 16.3 Å². The highest BCUT2D eigenvalue weighted by Crippen LogP contribution is 2.19. The van der Waals surface area contributed by atoms with Gasteiger partial charge in [0.2, 0.25) is 0 Å². The number of rotatable bonds is 5. The molecule has 1 atom stereocenters. The molecule has 2 aromatic rings. The molecule has 1 heterocycles. The van der Waals surface area contributed by atoms with Gasteiger partial charge < -0.3 is 15.4 Å². The van der Waals surface area contributed by atoms with Gasteiger partial charge in [-0.3, -0.25) is 4.79 Å². The van der Waals surface area contributed by atoms with Crippen LogP contribution in [0.3, 0.4) is 0 Å². The second-order valence-electron chi connectivity index (χ2n) is 5.53. The van der Waals surface area contributed by atoms with Crippen molar-refractivity contribution in [2.24, 2.45) is 0 Å². The zero-order valence-corrected chi connectivity index (χ0v) is 13.5. The fourth-order valence-electron chi connectivity index (χ4n) is 2.55. The molecule has 3 rings (SSSR count). The van der Waals surface area contributed by atoms with E-state index in [1.165, 1.54) is 0 Å². The Morgan fingerprint density at radius 3 is 2.57 bits per heavy atom. The normalized spacial score (nSPS) is 17.0. The summed E-state index contributed by atoms with van der Waals surface area (Å²) in [5, 5.41) is 6.64. The molecule has 1 aliphatic heterocycles. The Bertz CT molecular complexity index is 667. The molecule has 4 nitrogen and oxygen atoms in total. The van der Waals surface area contributed by atoms with Crippen molar-refractivity contribution in [3.05, 3.63) is 59.1 Å². The number of anilines is 2. The number of amides is 1. The maximum atomic E-state index is 12.2. The van der Waals surface area contributed by atoms with Crippen LogP contribution in [-0.2, 0) is 4.74 Å². The summed E-state index contributed by atoms with van der Waals surface area (Å²) in [6.07, 6.45) is 2.55. The maximum Gasteiger partial charge on any atom is 0.257 e. The van der Waals surface area contributed by atoms with Crippen LogP contribution in [0.25, 0.3) is 0 Å². The fourth-order valence-corrected chi connectivity index (χ4v) is 2.77. The van der Waals surface area contributed by atoms with E-state index < -0.39 is 0 Å². The predicted molar refractivity (Wildman–Crippen MR) is 93.3 cm³/mol. The Morgan fingerprint density at radius 1 is 1.13 bits per heavy atom. The topological polar surface area (TPSA) is 50.4 Å². The first-order chi connectivity index (χ1) is 11.2. The quantitative estimate of drug-likeness (QED) is 0.864. The van der Waals surface area contributed by atoms with Crippen LogP contribution >= 0.6 is 11.6 Å².